The summed E-state index contributed by atoms with van der Waals surface area (Å²) < 4.78 is 1.59. The van der Waals surface area contributed by atoms with Crippen LogP contribution in [0.2, 0.25) is 0 Å². The van der Waals surface area contributed by atoms with E-state index in [1.54, 1.807) is 65.7 Å². The predicted octanol–water partition coefficient (Wildman–Crippen LogP) is 2.10. The average Bonchev–Trinajstić information content (AvgIpc) is 3.02. The SMILES string of the molecule is Nc1cccc(C(=O)Nc2cccnc2-n2cccn2)c1. The van der Waals surface area contributed by atoms with Gasteiger partial charge in [0.15, 0.2) is 5.82 Å². The van der Waals surface area contributed by atoms with Crippen LogP contribution in [-0.2, 0) is 0 Å². The molecular formula is C15H13N5O. The van der Waals surface area contributed by atoms with Crippen molar-refractivity contribution in [1.82, 2.24) is 14.8 Å². The predicted molar refractivity (Wildman–Crippen MR) is 80.2 cm³/mol. The highest BCUT2D eigenvalue weighted by atomic mass is 16.1. The fourth-order valence-electron chi connectivity index (χ4n) is 1.95. The minimum atomic E-state index is -0.247. The second-order valence-electron chi connectivity index (χ2n) is 4.40. The first-order valence-corrected chi connectivity index (χ1v) is 6.36. The summed E-state index contributed by atoms with van der Waals surface area (Å²) in [7, 11) is 0. The molecule has 0 fully saturated rings. The normalized spacial score (nSPS) is 10.3. The van der Waals surface area contributed by atoms with E-state index in [4.69, 9.17) is 5.73 Å². The number of rotatable bonds is 3. The Morgan fingerprint density at radius 1 is 1.14 bits per heavy atom. The Hall–Kier alpha value is -3.15. The second-order valence-corrected chi connectivity index (χ2v) is 4.40. The van der Waals surface area contributed by atoms with E-state index in [1.807, 2.05) is 0 Å². The maximum Gasteiger partial charge on any atom is 0.255 e. The molecule has 0 saturated carbocycles. The first kappa shape index (κ1) is 12.9. The summed E-state index contributed by atoms with van der Waals surface area (Å²) in [5.74, 6) is 0.309. The summed E-state index contributed by atoms with van der Waals surface area (Å²) in [5, 5.41) is 6.95. The number of aromatic nitrogens is 3. The number of anilines is 2. The average molecular weight is 279 g/mol. The van der Waals surface area contributed by atoms with Crippen molar-refractivity contribution in [2.45, 2.75) is 0 Å². The summed E-state index contributed by atoms with van der Waals surface area (Å²) >= 11 is 0. The van der Waals surface area contributed by atoms with Crippen LogP contribution in [0.15, 0.2) is 61.1 Å². The lowest BCUT2D eigenvalue weighted by atomic mass is 10.2. The summed E-state index contributed by atoms with van der Waals surface area (Å²) in [6.45, 7) is 0. The van der Waals surface area contributed by atoms with E-state index in [9.17, 15) is 4.79 Å². The van der Waals surface area contributed by atoms with Crippen molar-refractivity contribution in [2.24, 2.45) is 0 Å². The smallest absolute Gasteiger partial charge is 0.255 e. The van der Waals surface area contributed by atoms with Crippen LogP contribution in [0.25, 0.3) is 5.82 Å². The number of carbonyl (C=O) groups is 1. The van der Waals surface area contributed by atoms with E-state index in [1.165, 1.54) is 0 Å². The standard InChI is InChI=1S/C15H13N5O/c16-12-5-1-4-11(10-12)15(21)19-13-6-2-7-17-14(13)20-9-3-8-18-20/h1-10H,16H2,(H,19,21). The Morgan fingerprint density at radius 2 is 2.05 bits per heavy atom. The summed E-state index contributed by atoms with van der Waals surface area (Å²) in [5.41, 5.74) is 7.30. The molecule has 104 valence electrons. The fourth-order valence-corrected chi connectivity index (χ4v) is 1.95. The monoisotopic (exact) mass is 279 g/mol. The van der Waals surface area contributed by atoms with Crippen molar-refractivity contribution in [1.29, 1.82) is 0 Å². The van der Waals surface area contributed by atoms with Gasteiger partial charge in [-0.1, -0.05) is 6.07 Å². The number of pyridine rings is 1. The molecule has 0 radical (unpaired) electrons. The zero-order chi connectivity index (χ0) is 14.7. The van der Waals surface area contributed by atoms with E-state index in [2.05, 4.69) is 15.4 Å². The molecule has 0 unspecified atom stereocenters. The molecule has 21 heavy (non-hydrogen) atoms. The third-order valence-electron chi connectivity index (χ3n) is 2.91. The molecule has 0 aliphatic carbocycles. The summed E-state index contributed by atoms with van der Waals surface area (Å²) in [6, 6.07) is 12.1. The minimum absolute atomic E-state index is 0.247. The second kappa shape index (κ2) is 5.46. The molecule has 0 spiro atoms. The lowest BCUT2D eigenvalue weighted by Gasteiger charge is -2.10. The van der Waals surface area contributed by atoms with Gasteiger partial charge in [-0.25, -0.2) is 9.67 Å². The lowest BCUT2D eigenvalue weighted by molar-refractivity contribution is 0.102. The molecule has 0 saturated heterocycles. The van der Waals surface area contributed by atoms with Crippen LogP contribution in [0.5, 0.6) is 0 Å². The molecule has 2 aromatic heterocycles. The Morgan fingerprint density at radius 3 is 2.81 bits per heavy atom. The van der Waals surface area contributed by atoms with Crippen molar-refractivity contribution in [3.05, 3.63) is 66.6 Å². The number of nitrogens with two attached hydrogens (primary N) is 1. The van der Waals surface area contributed by atoms with Crippen LogP contribution in [0, 0.1) is 0 Å². The number of nitrogens with zero attached hydrogens (tertiary/aromatic N) is 3. The number of amides is 1. The van der Waals surface area contributed by atoms with Crippen LogP contribution < -0.4 is 11.1 Å². The largest absolute Gasteiger partial charge is 0.399 e. The van der Waals surface area contributed by atoms with E-state index < -0.39 is 0 Å². The van der Waals surface area contributed by atoms with Crippen LogP contribution in [0.4, 0.5) is 11.4 Å². The van der Waals surface area contributed by atoms with Crippen LogP contribution in [0.1, 0.15) is 10.4 Å². The lowest BCUT2D eigenvalue weighted by Crippen LogP contribution is -2.14. The molecule has 1 amide bonds. The molecule has 6 nitrogen and oxygen atoms in total. The van der Waals surface area contributed by atoms with Gasteiger partial charge in [0.25, 0.3) is 5.91 Å². The molecule has 3 aromatic rings. The number of benzene rings is 1. The summed E-state index contributed by atoms with van der Waals surface area (Å²) in [6.07, 6.45) is 5.06. The molecule has 0 bridgehead atoms. The molecule has 0 aliphatic rings. The van der Waals surface area contributed by atoms with E-state index in [0.717, 1.165) is 0 Å². The number of nitrogen functional groups attached to an aromatic ring is 1. The highest BCUT2D eigenvalue weighted by Crippen LogP contribution is 2.17. The Bertz CT molecular complexity index is 767. The quantitative estimate of drug-likeness (QED) is 0.719. The number of carbonyl (C=O) groups excluding carboxylic acids is 1. The summed E-state index contributed by atoms with van der Waals surface area (Å²) in [4.78, 5) is 16.5. The molecule has 0 aliphatic heterocycles. The molecule has 3 N–H and O–H groups in total. The van der Waals surface area contributed by atoms with Gasteiger partial charge in [-0.2, -0.15) is 5.10 Å². The van der Waals surface area contributed by atoms with Gasteiger partial charge in [-0.3, -0.25) is 4.79 Å². The molecular weight excluding hydrogens is 266 g/mol. The fraction of sp³-hybridized carbons (Fsp3) is 0. The number of hydrogen-bond acceptors (Lipinski definition) is 4. The van der Waals surface area contributed by atoms with Crippen molar-refractivity contribution in [2.75, 3.05) is 11.1 Å². The van der Waals surface area contributed by atoms with Crippen LogP contribution in [-0.4, -0.2) is 20.7 Å². The van der Waals surface area contributed by atoms with Crippen molar-refractivity contribution >= 4 is 17.3 Å². The van der Waals surface area contributed by atoms with E-state index in [-0.39, 0.29) is 5.91 Å². The Kier molecular flexibility index (Phi) is 3.34. The minimum Gasteiger partial charge on any atom is -0.399 e. The van der Waals surface area contributed by atoms with Gasteiger partial charge < -0.3 is 11.1 Å². The van der Waals surface area contributed by atoms with Gasteiger partial charge in [0.2, 0.25) is 0 Å². The van der Waals surface area contributed by atoms with Gasteiger partial charge in [0, 0.05) is 29.8 Å². The molecule has 0 atom stereocenters. The van der Waals surface area contributed by atoms with Crippen LogP contribution in [0.3, 0.4) is 0 Å². The maximum absolute atomic E-state index is 12.3. The third-order valence-corrected chi connectivity index (χ3v) is 2.91. The topological polar surface area (TPSA) is 85.8 Å². The van der Waals surface area contributed by atoms with Gasteiger partial charge in [-0.05, 0) is 36.4 Å². The highest BCUT2D eigenvalue weighted by Gasteiger charge is 2.11. The molecule has 1 aromatic carbocycles. The van der Waals surface area contributed by atoms with Gasteiger partial charge in [0.05, 0.1) is 5.69 Å². The number of hydrogen-bond donors (Lipinski definition) is 2. The van der Waals surface area contributed by atoms with Crippen LogP contribution >= 0.6 is 0 Å². The zero-order valence-corrected chi connectivity index (χ0v) is 11.1. The number of nitrogens with one attached hydrogen (secondary N) is 1. The maximum atomic E-state index is 12.3. The van der Waals surface area contributed by atoms with E-state index in [0.29, 0.717) is 22.8 Å². The molecule has 6 heteroatoms. The van der Waals surface area contributed by atoms with Crippen molar-refractivity contribution in [3.8, 4) is 5.82 Å². The third kappa shape index (κ3) is 2.74. The first-order valence-electron chi connectivity index (χ1n) is 6.36. The van der Waals surface area contributed by atoms with Gasteiger partial charge >= 0.3 is 0 Å². The first-order chi connectivity index (χ1) is 10.2. The van der Waals surface area contributed by atoms with Gasteiger partial charge in [0.1, 0.15) is 0 Å². The van der Waals surface area contributed by atoms with Crippen molar-refractivity contribution in [3.63, 3.8) is 0 Å². The molecule has 3 rings (SSSR count). The van der Waals surface area contributed by atoms with Crippen molar-refractivity contribution < 1.29 is 4.79 Å². The Labute approximate surface area is 121 Å². The zero-order valence-electron chi connectivity index (χ0n) is 11.1. The Balaban J connectivity index is 1.90. The molecule has 2 heterocycles. The van der Waals surface area contributed by atoms with Gasteiger partial charge in [-0.15, -0.1) is 0 Å². The van der Waals surface area contributed by atoms with E-state index >= 15 is 0 Å². The highest BCUT2D eigenvalue weighted by molar-refractivity contribution is 6.05.